The maximum Gasteiger partial charge on any atom is 0.338 e. The van der Waals surface area contributed by atoms with Gasteiger partial charge in [-0.3, -0.25) is 4.79 Å². The van der Waals surface area contributed by atoms with Crippen LogP contribution in [0.5, 0.6) is 11.5 Å². The van der Waals surface area contributed by atoms with E-state index in [9.17, 15) is 9.59 Å². The number of ketones is 1. The quantitative estimate of drug-likeness (QED) is 0.181. The van der Waals surface area contributed by atoms with E-state index in [1.54, 1.807) is 24.3 Å². The highest BCUT2D eigenvalue weighted by Crippen LogP contribution is 2.33. The van der Waals surface area contributed by atoms with Gasteiger partial charge in [-0.25, -0.2) is 4.79 Å². The van der Waals surface area contributed by atoms with E-state index in [1.165, 1.54) is 6.92 Å². The molecule has 0 aliphatic rings. The van der Waals surface area contributed by atoms with Gasteiger partial charge in [0.2, 0.25) is 0 Å². The molecule has 0 saturated heterocycles. The molecule has 3 aromatic carbocycles. The Morgan fingerprint density at radius 3 is 1.75 bits per heavy atom. The summed E-state index contributed by atoms with van der Waals surface area (Å²) in [6.07, 6.45) is 0. The number of carbonyl (C=O) groups is 2. The Morgan fingerprint density at radius 2 is 1.28 bits per heavy atom. The van der Waals surface area contributed by atoms with E-state index in [-0.39, 0.29) is 32.2 Å². The van der Waals surface area contributed by atoms with Crippen LogP contribution in [-0.4, -0.2) is 43.3 Å². The van der Waals surface area contributed by atoms with E-state index >= 15 is 0 Å². The summed E-state index contributed by atoms with van der Waals surface area (Å²) in [5.74, 6) is 7.17. The van der Waals surface area contributed by atoms with Crippen LogP contribution in [0.2, 0.25) is 0 Å². The van der Waals surface area contributed by atoms with Crippen molar-refractivity contribution in [3.63, 3.8) is 0 Å². The number of esters is 1. The predicted octanol–water partition coefficient (Wildman–Crippen LogP) is 4.83. The molecule has 1 N–H and O–H groups in total. The van der Waals surface area contributed by atoms with Gasteiger partial charge in [0.05, 0.1) is 17.6 Å². The lowest BCUT2D eigenvalue weighted by molar-refractivity contribution is 0.0450. The molecule has 0 aliphatic heterocycles. The van der Waals surface area contributed by atoms with Gasteiger partial charge in [0, 0.05) is 5.56 Å². The van der Waals surface area contributed by atoms with E-state index in [2.05, 4.69) is 18.8 Å². The van der Waals surface area contributed by atoms with Crippen molar-refractivity contribution in [2.75, 3.05) is 26.4 Å². The fourth-order valence-electron chi connectivity index (χ4n) is 3.71. The summed E-state index contributed by atoms with van der Waals surface area (Å²) in [5.41, 5.74) is 2.42. The second-order valence-electron chi connectivity index (χ2n) is 8.24. The topological polar surface area (TPSA) is 82.1 Å². The third kappa shape index (κ3) is 6.74. The molecule has 0 fully saturated rings. The third-order valence-corrected chi connectivity index (χ3v) is 5.71. The summed E-state index contributed by atoms with van der Waals surface area (Å²) in [5, 5.41) is 8.93. The first-order valence-corrected chi connectivity index (χ1v) is 11.7. The first-order chi connectivity index (χ1) is 17.4. The highest BCUT2D eigenvalue weighted by atomic mass is 16.6. The molecule has 6 nitrogen and oxygen atoms in total. The Kier molecular flexibility index (Phi) is 9.26. The lowest BCUT2D eigenvalue weighted by Gasteiger charge is -2.25. The number of carbonyl (C=O) groups excluding carboxylic acids is 2. The van der Waals surface area contributed by atoms with Gasteiger partial charge < -0.3 is 19.3 Å². The Hall–Kier alpha value is -4.08. The summed E-state index contributed by atoms with van der Waals surface area (Å²) in [7, 11) is 0. The van der Waals surface area contributed by atoms with Crippen molar-refractivity contribution in [3.8, 4) is 23.3 Å². The summed E-state index contributed by atoms with van der Waals surface area (Å²) in [4.78, 5) is 23.5. The molecule has 3 aromatic rings. The number of aliphatic hydroxyl groups is 1. The summed E-state index contributed by atoms with van der Waals surface area (Å²) in [6.45, 7) is 5.87. The second-order valence-corrected chi connectivity index (χ2v) is 8.24. The van der Waals surface area contributed by atoms with Gasteiger partial charge in [-0.05, 0) is 68.3 Å². The third-order valence-electron chi connectivity index (χ3n) is 5.71. The zero-order chi connectivity index (χ0) is 26.0. The van der Waals surface area contributed by atoms with Gasteiger partial charge in [-0.1, -0.05) is 42.3 Å². The molecule has 1 unspecified atom stereocenters. The zero-order valence-electron chi connectivity index (χ0n) is 20.7. The van der Waals surface area contributed by atoms with E-state index in [4.69, 9.17) is 19.3 Å². The standard InChI is InChI=1S/C30H30O6/c1-4-17-30(3,25-9-13-27(14-10-25)34-19-18-31)26-11-15-28(16-12-26)35-20-21-36-29(33)24-7-5-23(6-8-24)22(2)32/h5-16,31H,18-21H2,1-3H3. The lowest BCUT2D eigenvalue weighted by atomic mass is 9.77. The molecule has 36 heavy (non-hydrogen) atoms. The number of ether oxygens (including phenoxy) is 3. The number of benzene rings is 3. The molecule has 0 radical (unpaired) electrons. The Bertz CT molecular complexity index is 1220. The van der Waals surface area contributed by atoms with Gasteiger partial charge in [0.1, 0.15) is 31.3 Å². The molecule has 3 rings (SSSR count). The van der Waals surface area contributed by atoms with Gasteiger partial charge in [-0.2, -0.15) is 0 Å². The minimum Gasteiger partial charge on any atom is -0.491 e. The molecule has 0 aromatic heterocycles. The van der Waals surface area contributed by atoms with Crippen LogP contribution in [0.3, 0.4) is 0 Å². The molecule has 0 aliphatic carbocycles. The Morgan fingerprint density at radius 1 is 0.778 bits per heavy atom. The van der Waals surface area contributed by atoms with Gasteiger partial charge in [0.25, 0.3) is 0 Å². The SMILES string of the molecule is CC#CC(C)(c1ccc(OCCO)cc1)c1ccc(OCCOC(=O)c2ccc(C(C)=O)cc2)cc1. The van der Waals surface area contributed by atoms with Crippen molar-refractivity contribution in [2.45, 2.75) is 26.2 Å². The molecule has 1 atom stereocenters. The number of hydrogen-bond acceptors (Lipinski definition) is 6. The van der Waals surface area contributed by atoms with E-state index < -0.39 is 11.4 Å². The van der Waals surface area contributed by atoms with Crippen molar-refractivity contribution in [1.29, 1.82) is 0 Å². The minimum atomic E-state index is -0.531. The summed E-state index contributed by atoms with van der Waals surface area (Å²) < 4.78 is 16.5. The van der Waals surface area contributed by atoms with Crippen molar-refractivity contribution < 1.29 is 28.9 Å². The fourth-order valence-corrected chi connectivity index (χ4v) is 3.71. The van der Waals surface area contributed by atoms with E-state index in [1.807, 2.05) is 55.5 Å². The number of hydrogen-bond donors (Lipinski definition) is 1. The molecule has 0 heterocycles. The maximum absolute atomic E-state index is 12.2. The number of Topliss-reactive ketones (excluding diaryl/α,β-unsaturated/α-hetero) is 1. The number of rotatable bonds is 11. The molecule has 0 bridgehead atoms. The molecule has 0 saturated carbocycles. The average molecular weight is 487 g/mol. The van der Waals surface area contributed by atoms with Crippen LogP contribution in [0.4, 0.5) is 0 Å². The van der Waals surface area contributed by atoms with Crippen molar-refractivity contribution in [3.05, 3.63) is 95.1 Å². The first-order valence-electron chi connectivity index (χ1n) is 11.7. The normalized spacial score (nSPS) is 12.0. The Labute approximate surface area is 211 Å². The van der Waals surface area contributed by atoms with Crippen LogP contribution in [0, 0.1) is 11.8 Å². The molecular formula is C30H30O6. The van der Waals surface area contributed by atoms with Crippen LogP contribution in [-0.2, 0) is 10.2 Å². The van der Waals surface area contributed by atoms with Crippen LogP contribution in [0.1, 0.15) is 52.6 Å². The summed E-state index contributed by atoms with van der Waals surface area (Å²) in [6, 6.07) is 21.7. The molecule has 186 valence electrons. The smallest absolute Gasteiger partial charge is 0.338 e. The van der Waals surface area contributed by atoms with Gasteiger partial charge in [-0.15, -0.1) is 5.92 Å². The van der Waals surface area contributed by atoms with Crippen molar-refractivity contribution >= 4 is 11.8 Å². The van der Waals surface area contributed by atoms with E-state index in [0.29, 0.717) is 22.6 Å². The summed E-state index contributed by atoms with van der Waals surface area (Å²) >= 11 is 0. The molecule has 6 heteroatoms. The van der Waals surface area contributed by atoms with Crippen LogP contribution < -0.4 is 9.47 Å². The molecule has 0 amide bonds. The first kappa shape index (κ1) is 26.5. The van der Waals surface area contributed by atoms with Crippen LogP contribution >= 0.6 is 0 Å². The van der Waals surface area contributed by atoms with Crippen molar-refractivity contribution in [2.24, 2.45) is 0 Å². The highest BCUT2D eigenvalue weighted by molar-refractivity contribution is 5.96. The lowest BCUT2D eigenvalue weighted by Crippen LogP contribution is -2.21. The van der Waals surface area contributed by atoms with E-state index in [0.717, 1.165) is 11.1 Å². The number of aliphatic hydroxyl groups excluding tert-OH is 1. The monoisotopic (exact) mass is 486 g/mol. The Balaban J connectivity index is 1.58. The minimum absolute atomic E-state index is 0.0341. The van der Waals surface area contributed by atoms with Crippen molar-refractivity contribution in [1.82, 2.24) is 0 Å². The maximum atomic E-state index is 12.2. The van der Waals surface area contributed by atoms with Crippen LogP contribution in [0.25, 0.3) is 0 Å². The highest BCUT2D eigenvalue weighted by Gasteiger charge is 2.27. The molecular weight excluding hydrogens is 456 g/mol. The van der Waals surface area contributed by atoms with Gasteiger partial charge in [0.15, 0.2) is 5.78 Å². The fraction of sp³-hybridized carbons (Fsp3) is 0.267. The van der Waals surface area contributed by atoms with Crippen LogP contribution in [0.15, 0.2) is 72.8 Å². The molecule has 0 spiro atoms. The second kappa shape index (κ2) is 12.6. The average Bonchev–Trinajstić information content (AvgIpc) is 2.90. The zero-order valence-corrected chi connectivity index (χ0v) is 20.7. The van der Waals surface area contributed by atoms with Gasteiger partial charge >= 0.3 is 5.97 Å². The largest absolute Gasteiger partial charge is 0.491 e. The predicted molar refractivity (Wildman–Crippen MR) is 138 cm³/mol.